The summed E-state index contributed by atoms with van der Waals surface area (Å²) in [7, 11) is 0. The topological polar surface area (TPSA) is 70.5 Å². The van der Waals surface area contributed by atoms with Crippen LogP contribution in [0, 0.1) is 5.41 Å². The molecule has 228 valence electrons. The molecule has 0 fully saturated rings. The van der Waals surface area contributed by atoms with Crippen LogP contribution in [0.4, 0.5) is 26.3 Å². The average Bonchev–Trinajstić information content (AvgIpc) is 3.59. The summed E-state index contributed by atoms with van der Waals surface area (Å²) in [5, 5.41) is 0. The molecule has 4 aromatic rings. The summed E-state index contributed by atoms with van der Waals surface area (Å²) in [4.78, 5) is 8.59. The maximum atomic E-state index is 12.7. The molecule has 0 amide bonds. The lowest BCUT2D eigenvalue weighted by molar-refractivity contribution is -0.138. The Morgan fingerprint density at radius 2 is 0.977 bits per heavy atom. The van der Waals surface area contributed by atoms with E-state index in [0.717, 1.165) is 24.3 Å². The number of alkyl halides is 6. The highest BCUT2D eigenvalue weighted by molar-refractivity contribution is 5.66. The van der Waals surface area contributed by atoms with Gasteiger partial charge in [-0.3, -0.25) is 0 Å². The van der Waals surface area contributed by atoms with Gasteiger partial charge in [-0.05, 0) is 47.5 Å². The summed E-state index contributed by atoms with van der Waals surface area (Å²) >= 11 is 0. The van der Waals surface area contributed by atoms with Crippen molar-refractivity contribution in [2.24, 2.45) is 5.41 Å². The maximum absolute atomic E-state index is 12.7. The van der Waals surface area contributed by atoms with Gasteiger partial charge in [0, 0.05) is 17.6 Å². The lowest BCUT2D eigenvalue weighted by Crippen LogP contribution is -2.25. The molecule has 12 heteroatoms. The van der Waals surface area contributed by atoms with Crippen LogP contribution in [0.1, 0.15) is 59.3 Å². The van der Waals surface area contributed by atoms with Gasteiger partial charge < -0.3 is 18.3 Å². The predicted octanol–water partition coefficient (Wildman–Crippen LogP) is 8.80. The van der Waals surface area contributed by atoms with Crippen LogP contribution in [-0.2, 0) is 35.0 Å². The van der Waals surface area contributed by atoms with Gasteiger partial charge in [-0.1, -0.05) is 38.1 Å². The SMILES string of the molecule is CC(C)(COCc1coc(/C=C/c2ccc(C(F)(F)F)cc2)n1)COCc1coc(/C=C/c2ccc(C(F)(F)F)cc2)n1. The van der Waals surface area contributed by atoms with Crippen LogP contribution in [0.25, 0.3) is 24.3 Å². The van der Waals surface area contributed by atoms with Gasteiger partial charge >= 0.3 is 12.4 Å². The molecule has 0 unspecified atom stereocenters. The van der Waals surface area contributed by atoms with Gasteiger partial charge in [-0.25, -0.2) is 9.97 Å². The Kier molecular flexibility index (Phi) is 9.92. The Bertz CT molecular complexity index is 1400. The Morgan fingerprint density at radius 1 is 0.605 bits per heavy atom. The largest absolute Gasteiger partial charge is 0.445 e. The fraction of sp³-hybridized carbons (Fsp3) is 0.290. The van der Waals surface area contributed by atoms with E-state index in [-0.39, 0.29) is 18.6 Å². The number of hydrogen-bond donors (Lipinski definition) is 0. The van der Waals surface area contributed by atoms with Crippen LogP contribution in [-0.4, -0.2) is 23.2 Å². The van der Waals surface area contributed by atoms with Crippen LogP contribution >= 0.6 is 0 Å². The van der Waals surface area contributed by atoms with E-state index in [1.165, 1.54) is 36.8 Å². The van der Waals surface area contributed by atoms with Crippen LogP contribution in [0.5, 0.6) is 0 Å². The van der Waals surface area contributed by atoms with Gasteiger partial charge in [-0.2, -0.15) is 26.3 Å². The van der Waals surface area contributed by atoms with E-state index in [1.54, 1.807) is 24.3 Å². The molecule has 0 atom stereocenters. The highest BCUT2D eigenvalue weighted by atomic mass is 19.4. The minimum Gasteiger partial charge on any atom is -0.445 e. The van der Waals surface area contributed by atoms with Crippen molar-refractivity contribution in [3.8, 4) is 0 Å². The van der Waals surface area contributed by atoms with Crippen molar-refractivity contribution in [1.29, 1.82) is 0 Å². The zero-order chi connectivity index (χ0) is 31.1. The molecule has 0 aliphatic heterocycles. The van der Waals surface area contributed by atoms with E-state index in [1.807, 2.05) is 13.8 Å². The molecule has 0 aliphatic carbocycles. The van der Waals surface area contributed by atoms with Crippen LogP contribution < -0.4 is 0 Å². The number of aromatic nitrogens is 2. The van der Waals surface area contributed by atoms with Crippen molar-refractivity contribution in [3.05, 3.63) is 106 Å². The Hall–Kier alpha value is -4.16. The fourth-order valence-electron chi connectivity index (χ4n) is 3.74. The molecule has 0 saturated carbocycles. The van der Waals surface area contributed by atoms with Gasteiger partial charge in [0.05, 0.1) is 37.6 Å². The molecule has 2 heterocycles. The van der Waals surface area contributed by atoms with Crippen molar-refractivity contribution in [1.82, 2.24) is 9.97 Å². The maximum Gasteiger partial charge on any atom is 0.416 e. The number of benzene rings is 2. The first-order valence-corrected chi connectivity index (χ1v) is 13.0. The third-order valence-corrected chi connectivity index (χ3v) is 5.94. The summed E-state index contributed by atoms with van der Waals surface area (Å²) in [5.41, 5.74) is 0.483. The third-order valence-electron chi connectivity index (χ3n) is 5.94. The second-order valence-corrected chi connectivity index (χ2v) is 10.4. The van der Waals surface area contributed by atoms with Gasteiger partial charge in [0.15, 0.2) is 0 Å². The molecule has 43 heavy (non-hydrogen) atoms. The smallest absolute Gasteiger partial charge is 0.416 e. The molecule has 0 N–H and O–H groups in total. The first-order chi connectivity index (χ1) is 20.3. The molecule has 4 rings (SSSR count). The Balaban J connectivity index is 1.17. The number of ether oxygens (including phenoxy) is 2. The minimum atomic E-state index is -4.38. The monoisotopic (exact) mass is 606 g/mol. The molecular formula is C31H28F6N2O4. The third kappa shape index (κ3) is 9.97. The number of rotatable bonds is 12. The zero-order valence-corrected chi connectivity index (χ0v) is 23.2. The van der Waals surface area contributed by atoms with Gasteiger partial charge in [0.1, 0.15) is 23.9 Å². The average molecular weight is 607 g/mol. The van der Waals surface area contributed by atoms with Crippen LogP contribution in [0.2, 0.25) is 0 Å². The molecular weight excluding hydrogens is 578 g/mol. The number of halogens is 6. The van der Waals surface area contributed by atoms with E-state index in [2.05, 4.69) is 9.97 Å². The molecule has 0 aliphatic rings. The minimum absolute atomic E-state index is 0.193. The lowest BCUT2D eigenvalue weighted by atomic mass is 9.96. The first-order valence-electron chi connectivity index (χ1n) is 13.0. The van der Waals surface area contributed by atoms with Gasteiger partial charge in [-0.15, -0.1) is 0 Å². The summed E-state index contributed by atoms with van der Waals surface area (Å²) in [5.74, 6) is 0.588. The van der Waals surface area contributed by atoms with Crippen molar-refractivity contribution in [3.63, 3.8) is 0 Å². The summed E-state index contributed by atoms with van der Waals surface area (Å²) in [6, 6.07) is 9.49. The van der Waals surface area contributed by atoms with Gasteiger partial charge in [0.2, 0.25) is 11.8 Å². The van der Waals surface area contributed by atoms with Gasteiger partial charge in [0.25, 0.3) is 0 Å². The fourth-order valence-corrected chi connectivity index (χ4v) is 3.74. The van der Waals surface area contributed by atoms with Crippen molar-refractivity contribution in [2.75, 3.05) is 13.2 Å². The van der Waals surface area contributed by atoms with E-state index < -0.39 is 23.5 Å². The highest BCUT2D eigenvalue weighted by Gasteiger charge is 2.30. The highest BCUT2D eigenvalue weighted by Crippen LogP contribution is 2.30. The molecule has 2 aromatic heterocycles. The van der Waals surface area contributed by atoms with E-state index in [9.17, 15) is 26.3 Å². The normalized spacial score (nSPS) is 13.0. The number of oxazole rings is 2. The standard InChI is InChI=1S/C31H28F6N2O4/c1-29(2,19-40-15-25-17-42-27(38-25)13-7-21-3-9-23(10-4-21)30(32,33)34)20-41-16-26-18-43-28(39-26)14-8-22-5-11-24(12-6-22)31(35,36)37/h3-14,17-18H,15-16,19-20H2,1-2H3/b13-7+,14-8+. The molecule has 2 aromatic carbocycles. The summed E-state index contributed by atoms with van der Waals surface area (Å²) in [6.45, 7) is 5.04. The quantitative estimate of drug-likeness (QED) is 0.150. The molecule has 0 radical (unpaired) electrons. The summed E-state index contributed by atoms with van der Waals surface area (Å²) in [6.07, 6.45) is 0.450. The van der Waals surface area contributed by atoms with Crippen molar-refractivity contribution in [2.45, 2.75) is 39.4 Å². The summed E-state index contributed by atoms with van der Waals surface area (Å²) < 4.78 is 98.4. The van der Waals surface area contributed by atoms with Crippen LogP contribution in [0.15, 0.2) is 69.9 Å². The number of nitrogens with zero attached hydrogens (tertiary/aromatic N) is 2. The first kappa shape index (κ1) is 31.8. The molecule has 6 nitrogen and oxygen atoms in total. The Morgan fingerprint density at radius 3 is 1.33 bits per heavy atom. The number of hydrogen-bond acceptors (Lipinski definition) is 6. The molecule has 0 saturated heterocycles. The lowest BCUT2D eigenvalue weighted by Gasteiger charge is -2.23. The Labute approximate surface area is 243 Å². The predicted molar refractivity (Wildman–Crippen MR) is 147 cm³/mol. The van der Waals surface area contributed by atoms with E-state index in [4.69, 9.17) is 18.3 Å². The van der Waals surface area contributed by atoms with E-state index >= 15 is 0 Å². The second kappa shape index (κ2) is 13.4. The van der Waals surface area contributed by atoms with E-state index in [0.29, 0.717) is 47.5 Å². The molecule has 0 bridgehead atoms. The molecule has 0 spiro atoms. The van der Waals surface area contributed by atoms with Crippen LogP contribution in [0.3, 0.4) is 0 Å². The second-order valence-electron chi connectivity index (χ2n) is 10.4. The zero-order valence-electron chi connectivity index (χ0n) is 23.2. The van der Waals surface area contributed by atoms with Crippen molar-refractivity contribution >= 4 is 24.3 Å². The van der Waals surface area contributed by atoms with Crippen molar-refractivity contribution < 1.29 is 44.7 Å².